The maximum Gasteiger partial charge on any atom is 0.124 e. The van der Waals surface area contributed by atoms with Gasteiger partial charge in [-0.15, -0.1) is 0 Å². The maximum absolute atomic E-state index is 13.1. The topological polar surface area (TPSA) is 35.8 Å². The van der Waals surface area contributed by atoms with Crippen molar-refractivity contribution in [1.82, 2.24) is 5.32 Å². The molecule has 1 rings (SSSR count). The molecule has 3 heteroatoms. The molecule has 0 fully saturated rings. The van der Waals surface area contributed by atoms with Crippen molar-refractivity contribution in [2.24, 2.45) is 0 Å². The third-order valence-corrected chi connectivity index (χ3v) is 2.46. The Morgan fingerprint density at radius 3 is 2.81 bits per heavy atom. The van der Waals surface area contributed by atoms with E-state index in [1.807, 2.05) is 6.07 Å². The molecule has 1 atom stereocenters. The number of nitrogens with zero attached hydrogens (tertiary/aromatic N) is 1. The van der Waals surface area contributed by atoms with E-state index in [-0.39, 0.29) is 5.82 Å². The van der Waals surface area contributed by atoms with Crippen LogP contribution in [0.2, 0.25) is 0 Å². The van der Waals surface area contributed by atoms with Crippen molar-refractivity contribution in [3.63, 3.8) is 0 Å². The van der Waals surface area contributed by atoms with Crippen molar-refractivity contribution in [2.75, 3.05) is 0 Å². The summed E-state index contributed by atoms with van der Waals surface area (Å²) in [5.41, 5.74) is 1.19. The van der Waals surface area contributed by atoms with Crippen LogP contribution in [-0.4, -0.2) is 6.04 Å². The van der Waals surface area contributed by atoms with Gasteiger partial charge in [0.25, 0.3) is 0 Å². The zero-order valence-corrected chi connectivity index (χ0v) is 9.76. The van der Waals surface area contributed by atoms with Crippen LogP contribution in [0.15, 0.2) is 18.2 Å². The fraction of sp³-hybridized carbons (Fsp3) is 0.462. The van der Waals surface area contributed by atoms with E-state index in [2.05, 4.69) is 19.2 Å². The fourth-order valence-corrected chi connectivity index (χ4v) is 1.64. The van der Waals surface area contributed by atoms with Crippen LogP contribution in [0.5, 0.6) is 0 Å². The molecular weight excluding hydrogens is 203 g/mol. The highest BCUT2D eigenvalue weighted by Crippen LogP contribution is 2.09. The molecule has 0 radical (unpaired) electrons. The molecule has 0 spiro atoms. The van der Waals surface area contributed by atoms with E-state index in [0.717, 1.165) is 18.4 Å². The van der Waals surface area contributed by atoms with Crippen LogP contribution < -0.4 is 5.32 Å². The highest BCUT2D eigenvalue weighted by atomic mass is 19.1. The van der Waals surface area contributed by atoms with Gasteiger partial charge in [-0.2, -0.15) is 5.26 Å². The van der Waals surface area contributed by atoms with Gasteiger partial charge >= 0.3 is 0 Å². The Morgan fingerprint density at radius 2 is 2.19 bits per heavy atom. The lowest BCUT2D eigenvalue weighted by molar-refractivity contribution is 0.507. The van der Waals surface area contributed by atoms with Gasteiger partial charge < -0.3 is 5.32 Å². The first kappa shape index (κ1) is 12.7. The van der Waals surface area contributed by atoms with Crippen LogP contribution >= 0.6 is 0 Å². The summed E-state index contributed by atoms with van der Waals surface area (Å²) in [7, 11) is 0. The zero-order valence-electron chi connectivity index (χ0n) is 9.76. The van der Waals surface area contributed by atoms with Crippen LogP contribution in [0, 0.1) is 17.1 Å². The molecule has 16 heavy (non-hydrogen) atoms. The van der Waals surface area contributed by atoms with E-state index in [9.17, 15) is 4.39 Å². The first-order chi connectivity index (χ1) is 7.65. The zero-order chi connectivity index (χ0) is 12.0. The Kier molecular flexibility index (Phi) is 4.94. The largest absolute Gasteiger partial charge is 0.310 e. The fourth-order valence-electron chi connectivity index (χ4n) is 1.64. The lowest BCUT2D eigenvalue weighted by Crippen LogP contribution is -2.25. The molecule has 1 unspecified atom stereocenters. The molecule has 0 aliphatic heterocycles. The van der Waals surface area contributed by atoms with Gasteiger partial charge in [0.05, 0.1) is 11.6 Å². The van der Waals surface area contributed by atoms with Crippen molar-refractivity contribution in [3.8, 4) is 6.07 Å². The van der Waals surface area contributed by atoms with E-state index < -0.39 is 0 Å². The quantitative estimate of drug-likeness (QED) is 0.828. The Bertz CT molecular complexity index is 382. The van der Waals surface area contributed by atoms with E-state index in [4.69, 9.17) is 5.26 Å². The molecule has 2 nitrogen and oxygen atoms in total. The van der Waals surface area contributed by atoms with Gasteiger partial charge in [-0.05, 0) is 37.1 Å². The second-order valence-corrected chi connectivity index (χ2v) is 4.03. The minimum absolute atomic E-state index is 0.348. The second-order valence-electron chi connectivity index (χ2n) is 4.03. The van der Waals surface area contributed by atoms with Crippen LogP contribution in [0.1, 0.15) is 37.8 Å². The summed E-state index contributed by atoms with van der Waals surface area (Å²) < 4.78 is 13.1. The van der Waals surface area contributed by atoms with Gasteiger partial charge in [0, 0.05) is 12.6 Å². The molecular formula is C13H17FN2. The molecule has 0 saturated carbocycles. The standard InChI is InChI=1S/C13H17FN2/c1-3-4-10(2)16-9-12-5-11(8-15)6-13(14)7-12/h5-7,10,16H,3-4,9H2,1-2H3. The number of benzene rings is 1. The third kappa shape index (κ3) is 4.00. The molecule has 0 saturated heterocycles. The van der Waals surface area contributed by atoms with E-state index >= 15 is 0 Å². The van der Waals surface area contributed by atoms with Crippen molar-refractivity contribution in [1.29, 1.82) is 5.26 Å². The van der Waals surface area contributed by atoms with Gasteiger partial charge in [-0.25, -0.2) is 4.39 Å². The Morgan fingerprint density at radius 1 is 1.44 bits per heavy atom. The molecule has 86 valence electrons. The average Bonchev–Trinajstić information content (AvgIpc) is 2.26. The van der Waals surface area contributed by atoms with Gasteiger partial charge in [-0.1, -0.05) is 13.3 Å². The van der Waals surface area contributed by atoms with Crippen molar-refractivity contribution in [3.05, 3.63) is 35.1 Å². The lowest BCUT2D eigenvalue weighted by Gasteiger charge is -2.12. The van der Waals surface area contributed by atoms with Crippen LogP contribution in [0.4, 0.5) is 4.39 Å². The molecule has 0 bridgehead atoms. The van der Waals surface area contributed by atoms with Crippen LogP contribution in [0.3, 0.4) is 0 Å². The van der Waals surface area contributed by atoms with Crippen molar-refractivity contribution in [2.45, 2.75) is 39.3 Å². The lowest BCUT2D eigenvalue weighted by atomic mass is 10.1. The Hall–Kier alpha value is -1.40. The molecule has 0 aromatic heterocycles. The molecule has 0 heterocycles. The summed E-state index contributed by atoms with van der Waals surface area (Å²) in [5, 5.41) is 12.0. The van der Waals surface area contributed by atoms with Gasteiger partial charge in [-0.3, -0.25) is 0 Å². The monoisotopic (exact) mass is 220 g/mol. The van der Waals surface area contributed by atoms with Gasteiger partial charge in [0.2, 0.25) is 0 Å². The third-order valence-electron chi connectivity index (χ3n) is 2.46. The smallest absolute Gasteiger partial charge is 0.124 e. The minimum atomic E-state index is -0.348. The van der Waals surface area contributed by atoms with Gasteiger partial charge in [0.1, 0.15) is 5.82 Å². The number of hydrogen-bond acceptors (Lipinski definition) is 2. The number of rotatable bonds is 5. The predicted octanol–water partition coefficient (Wildman–Crippen LogP) is 2.98. The second kappa shape index (κ2) is 6.24. The molecule has 1 N–H and O–H groups in total. The highest BCUT2D eigenvalue weighted by Gasteiger charge is 2.03. The first-order valence-electron chi connectivity index (χ1n) is 5.58. The average molecular weight is 220 g/mol. The Balaban J connectivity index is 2.60. The molecule has 0 aliphatic carbocycles. The number of halogens is 1. The maximum atomic E-state index is 13.1. The summed E-state index contributed by atoms with van der Waals surface area (Å²) >= 11 is 0. The first-order valence-corrected chi connectivity index (χ1v) is 5.58. The molecule has 1 aromatic rings. The van der Waals surface area contributed by atoms with Crippen LogP contribution in [0.25, 0.3) is 0 Å². The molecule has 0 aliphatic rings. The number of nitriles is 1. The summed E-state index contributed by atoms with van der Waals surface area (Å²) in [6.07, 6.45) is 2.22. The summed E-state index contributed by atoms with van der Waals surface area (Å²) in [5.74, 6) is -0.348. The SMILES string of the molecule is CCCC(C)NCc1cc(F)cc(C#N)c1. The number of nitrogens with one attached hydrogen (secondary N) is 1. The van der Waals surface area contributed by atoms with Crippen LogP contribution in [-0.2, 0) is 6.54 Å². The normalized spacial score (nSPS) is 12.1. The highest BCUT2D eigenvalue weighted by molar-refractivity contribution is 5.33. The van der Waals surface area contributed by atoms with Crippen molar-refractivity contribution < 1.29 is 4.39 Å². The van der Waals surface area contributed by atoms with E-state index in [0.29, 0.717) is 18.2 Å². The summed E-state index contributed by atoms with van der Waals surface area (Å²) in [6, 6.07) is 6.80. The number of hydrogen-bond donors (Lipinski definition) is 1. The predicted molar refractivity (Wildman–Crippen MR) is 62.3 cm³/mol. The summed E-state index contributed by atoms with van der Waals surface area (Å²) in [4.78, 5) is 0. The summed E-state index contributed by atoms with van der Waals surface area (Å²) in [6.45, 7) is 4.84. The molecule has 0 amide bonds. The Labute approximate surface area is 96.1 Å². The van der Waals surface area contributed by atoms with E-state index in [1.54, 1.807) is 6.07 Å². The van der Waals surface area contributed by atoms with Crippen molar-refractivity contribution >= 4 is 0 Å². The molecule has 1 aromatic carbocycles. The van der Waals surface area contributed by atoms with E-state index in [1.165, 1.54) is 12.1 Å². The minimum Gasteiger partial charge on any atom is -0.310 e. The van der Waals surface area contributed by atoms with Gasteiger partial charge in [0.15, 0.2) is 0 Å².